The van der Waals surface area contributed by atoms with Gasteiger partial charge in [0.25, 0.3) is 0 Å². The molecule has 0 spiro atoms. The minimum absolute atomic E-state index is 0.000122. The van der Waals surface area contributed by atoms with Gasteiger partial charge in [0.2, 0.25) is 41.4 Å². The van der Waals surface area contributed by atoms with Gasteiger partial charge in [0.15, 0.2) is 0 Å². The van der Waals surface area contributed by atoms with Crippen LogP contribution in [0, 0.1) is 5.92 Å². The van der Waals surface area contributed by atoms with Crippen LogP contribution in [0.1, 0.15) is 100 Å². The highest BCUT2D eigenvalue weighted by Gasteiger charge is 2.39. The first-order valence-electron chi connectivity index (χ1n) is 24.3. The van der Waals surface area contributed by atoms with Crippen molar-refractivity contribution in [3.63, 3.8) is 0 Å². The van der Waals surface area contributed by atoms with Crippen molar-refractivity contribution in [1.82, 2.24) is 36.8 Å². The van der Waals surface area contributed by atoms with Crippen molar-refractivity contribution in [2.45, 2.75) is 126 Å². The standard InChI is InChI=1S/C52H67N7O13S/c1-32(60)53-40(30-44(65)66)50(70)54-38(24-26-43(63)64)48(68)58-46(45(35-19-11-5-12-20-35)36-21-13-6-14-22-36)51(71)55-37(23-25-42(61)62)47(67)56-39(29-34-17-9-4-10-18-34)49(69)57-41(31-73)52(72)59(2)28-27-33-15-7-3-8-16-33/h3,5-8,11-16,19-22,34,37-41,45-46,73H,4,9-10,17-18,23-31H2,1-2H3,(H,53,60)(H,54,70)(H,55,71)(H,56,67)(H,57,69)(H,58,68)(H,61,62)(H,63,64)(H,65,66)/t37-,38-,39-,40-,41-,46-/m0/s1. The molecule has 0 unspecified atom stereocenters. The van der Waals surface area contributed by atoms with Gasteiger partial charge in [-0.15, -0.1) is 0 Å². The van der Waals surface area contributed by atoms with Gasteiger partial charge in [0.1, 0.15) is 36.3 Å². The predicted molar refractivity (Wildman–Crippen MR) is 271 cm³/mol. The van der Waals surface area contributed by atoms with E-state index in [4.69, 9.17) is 0 Å². The minimum Gasteiger partial charge on any atom is -0.481 e. The largest absolute Gasteiger partial charge is 0.481 e. The Bertz CT molecular complexity index is 2300. The molecule has 21 heteroatoms. The Kier molecular flexibility index (Phi) is 23.9. The molecule has 1 fully saturated rings. The van der Waals surface area contributed by atoms with Crippen molar-refractivity contribution in [2.24, 2.45) is 5.92 Å². The van der Waals surface area contributed by atoms with Crippen LogP contribution >= 0.6 is 12.6 Å². The number of rotatable bonds is 29. The van der Waals surface area contributed by atoms with Crippen molar-refractivity contribution in [1.29, 1.82) is 0 Å². The maximum absolute atomic E-state index is 15.0. The number of aliphatic carboxylic acids is 3. The number of carbonyl (C=O) groups is 10. The summed E-state index contributed by atoms with van der Waals surface area (Å²) in [5, 5.41) is 44.2. The maximum Gasteiger partial charge on any atom is 0.305 e. The molecule has 20 nitrogen and oxygen atoms in total. The summed E-state index contributed by atoms with van der Waals surface area (Å²) in [7, 11) is 1.61. The Balaban J connectivity index is 1.71. The van der Waals surface area contributed by atoms with Crippen molar-refractivity contribution in [3.8, 4) is 0 Å². The molecular weight excluding hydrogens is 963 g/mol. The molecule has 9 N–H and O–H groups in total. The molecule has 394 valence electrons. The molecule has 1 aliphatic rings. The molecule has 0 saturated heterocycles. The monoisotopic (exact) mass is 1030 g/mol. The fraction of sp³-hybridized carbons (Fsp3) is 0.462. The molecule has 6 atom stereocenters. The van der Waals surface area contributed by atoms with Crippen LogP contribution < -0.4 is 31.9 Å². The quantitative estimate of drug-likeness (QED) is 0.0448. The van der Waals surface area contributed by atoms with Crippen LogP contribution in [0.15, 0.2) is 91.0 Å². The molecular formula is C52H67N7O13S. The molecule has 0 aromatic heterocycles. The second-order valence-electron chi connectivity index (χ2n) is 18.2. The molecule has 0 radical (unpaired) electrons. The number of thiol groups is 1. The molecule has 1 aliphatic carbocycles. The van der Waals surface area contributed by atoms with Gasteiger partial charge < -0.3 is 52.1 Å². The molecule has 7 amide bonds. The smallest absolute Gasteiger partial charge is 0.305 e. The summed E-state index contributed by atoms with van der Waals surface area (Å²) in [5.41, 5.74) is 1.96. The molecule has 73 heavy (non-hydrogen) atoms. The van der Waals surface area contributed by atoms with Crippen LogP contribution in [-0.2, 0) is 54.4 Å². The Morgan fingerprint density at radius 3 is 1.51 bits per heavy atom. The first kappa shape index (κ1) is 58.3. The highest BCUT2D eigenvalue weighted by Crippen LogP contribution is 2.30. The number of amides is 7. The Hall–Kier alpha value is -7.29. The van der Waals surface area contributed by atoms with E-state index in [1.165, 1.54) is 4.90 Å². The molecule has 0 heterocycles. The number of carboxylic acids is 3. The lowest BCUT2D eigenvalue weighted by atomic mass is 9.84. The van der Waals surface area contributed by atoms with Crippen LogP contribution in [0.5, 0.6) is 0 Å². The van der Waals surface area contributed by atoms with E-state index < -0.39 is 134 Å². The molecule has 0 bridgehead atoms. The minimum atomic E-state index is -1.72. The summed E-state index contributed by atoms with van der Waals surface area (Å²) in [5.74, 6) is -11.3. The van der Waals surface area contributed by atoms with Gasteiger partial charge in [-0.1, -0.05) is 123 Å². The lowest BCUT2D eigenvalue weighted by Gasteiger charge is -2.32. The summed E-state index contributed by atoms with van der Waals surface area (Å²) < 4.78 is 0. The predicted octanol–water partition coefficient (Wildman–Crippen LogP) is 2.55. The number of likely N-dealkylation sites (N-methyl/N-ethyl adjacent to an activating group) is 1. The van der Waals surface area contributed by atoms with E-state index in [9.17, 15) is 58.5 Å². The lowest BCUT2D eigenvalue weighted by molar-refractivity contribution is -0.141. The molecule has 3 aromatic carbocycles. The SMILES string of the molecule is CC(=O)N[C@@H](CC(=O)O)C(=O)N[C@@H](CCC(=O)O)C(=O)N[C@H](C(=O)N[C@@H](CCC(=O)O)C(=O)N[C@@H](CC1CCCCC1)C(=O)N[C@@H](CS)C(=O)N(C)CCc1ccccc1)C(c1ccccc1)c1ccccc1. The summed E-state index contributed by atoms with van der Waals surface area (Å²) in [4.78, 5) is 134. The van der Waals surface area contributed by atoms with Gasteiger partial charge in [-0.2, -0.15) is 12.6 Å². The highest BCUT2D eigenvalue weighted by atomic mass is 32.1. The van der Waals surface area contributed by atoms with Gasteiger partial charge in [-0.05, 0) is 48.3 Å². The fourth-order valence-electron chi connectivity index (χ4n) is 8.72. The van der Waals surface area contributed by atoms with Crippen LogP contribution in [0.3, 0.4) is 0 Å². The van der Waals surface area contributed by atoms with Crippen LogP contribution in [0.25, 0.3) is 0 Å². The van der Waals surface area contributed by atoms with Crippen LogP contribution in [-0.4, -0.2) is 135 Å². The third kappa shape index (κ3) is 19.7. The van der Waals surface area contributed by atoms with Crippen molar-refractivity contribution in [2.75, 3.05) is 19.3 Å². The summed E-state index contributed by atoms with van der Waals surface area (Å²) in [6, 6.07) is 17.3. The van der Waals surface area contributed by atoms with Crippen LogP contribution in [0.4, 0.5) is 0 Å². The van der Waals surface area contributed by atoms with E-state index in [0.29, 0.717) is 24.1 Å². The zero-order valence-corrected chi connectivity index (χ0v) is 41.9. The number of hydrogen-bond donors (Lipinski definition) is 10. The van der Waals surface area contributed by atoms with Gasteiger partial charge >= 0.3 is 17.9 Å². The van der Waals surface area contributed by atoms with E-state index in [-0.39, 0.29) is 18.1 Å². The first-order valence-corrected chi connectivity index (χ1v) is 24.9. The number of nitrogens with one attached hydrogen (secondary N) is 6. The molecule has 0 aliphatic heterocycles. The first-order chi connectivity index (χ1) is 34.9. The number of nitrogens with zero attached hydrogens (tertiary/aromatic N) is 1. The number of hydrogen-bond acceptors (Lipinski definition) is 11. The maximum atomic E-state index is 15.0. The number of benzene rings is 3. The van der Waals surface area contributed by atoms with E-state index in [1.807, 2.05) is 30.3 Å². The normalized spacial score (nSPS) is 14.9. The van der Waals surface area contributed by atoms with E-state index in [2.05, 4.69) is 44.5 Å². The molecule has 1 saturated carbocycles. The molecule has 4 rings (SSSR count). The third-order valence-corrected chi connectivity index (χ3v) is 12.9. The molecule has 3 aromatic rings. The van der Waals surface area contributed by atoms with Gasteiger partial charge in [-0.25, -0.2) is 0 Å². The van der Waals surface area contributed by atoms with E-state index in [0.717, 1.165) is 44.6 Å². The third-order valence-electron chi connectivity index (χ3n) is 12.5. The van der Waals surface area contributed by atoms with Gasteiger partial charge in [0.05, 0.1) is 6.42 Å². The van der Waals surface area contributed by atoms with E-state index >= 15 is 4.79 Å². The Labute approximate surface area is 429 Å². The fourth-order valence-corrected chi connectivity index (χ4v) is 8.97. The second-order valence-corrected chi connectivity index (χ2v) is 18.5. The van der Waals surface area contributed by atoms with E-state index in [1.54, 1.807) is 67.7 Å². The zero-order chi connectivity index (χ0) is 53.5. The summed E-state index contributed by atoms with van der Waals surface area (Å²) in [6.07, 6.45) is 1.78. The number of carbonyl (C=O) groups excluding carboxylic acids is 7. The second kappa shape index (κ2) is 29.9. The summed E-state index contributed by atoms with van der Waals surface area (Å²) >= 11 is 4.38. The lowest BCUT2D eigenvalue weighted by Crippen LogP contribution is -2.61. The van der Waals surface area contributed by atoms with Crippen LogP contribution in [0.2, 0.25) is 0 Å². The van der Waals surface area contributed by atoms with Gasteiger partial charge in [0, 0.05) is 45.0 Å². The van der Waals surface area contributed by atoms with Crippen molar-refractivity contribution >= 4 is 71.9 Å². The average molecular weight is 1030 g/mol. The topological polar surface area (TPSA) is 307 Å². The summed E-state index contributed by atoms with van der Waals surface area (Å²) in [6.45, 7) is 1.38. The number of carboxylic acid groups (broad SMARTS) is 3. The zero-order valence-electron chi connectivity index (χ0n) is 41.0. The average Bonchev–Trinajstić information content (AvgIpc) is 3.37. The van der Waals surface area contributed by atoms with Crippen molar-refractivity contribution < 1.29 is 63.3 Å². The van der Waals surface area contributed by atoms with Gasteiger partial charge in [-0.3, -0.25) is 47.9 Å². The Morgan fingerprint density at radius 1 is 0.562 bits per heavy atom. The van der Waals surface area contributed by atoms with Crippen molar-refractivity contribution in [3.05, 3.63) is 108 Å². The highest BCUT2D eigenvalue weighted by molar-refractivity contribution is 7.80. The Morgan fingerprint density at radius 2 is 1.01 bits per heavy atom.